The van der Waals surface area contributed by atoms with Crippen molar-refractivity contribution >= 4 is 34.5 Å². The van der Waals surface area contributed by atoms with E-state index in [-0.39, 0.29) is 5.97 Å². The second-order valence-electron chi connectivity index (χ2n) is 7.10. The molecular weight excluding hydrogens is 320 g/mol. The molecule has 4 nitrogen and oxygen atoms in total. The minimum Gasteiger partial charge on any atom is -0.469 e. The molecule has 4 rings (SSSR count). The maximum Gasteiger partial charge on any atom is 0.305 e. The lowest BCUT2D eigenvalue weighted by Gasteiger charge is -2.45. The fourth-order valence-corrected chi connectivity index (χ4v) is 4.94. The fraction of sp³-hybridized carbons (Fsp3) is 0.474. The summed E-state index contributed by atoms with van der Waals surface area (Å²) in [5.74, 6) is 0.707. The Bertz CT molecular complexity index is 813. The standard InChI is InChI=1S/C19H22N2O2S/c1-21-9-11(7-18(22)23-2)6-13-12-4-3-5-15-19(12)14(8-17(13)21)16(10-24)20-15/h3-5,10-11,13,17,20H,6-9H2,1-2H3/t11-,13?,17+/m0/s1. The Balaban J connectivity index is 1.76. The summed E-state index contributed by atoms with van der Waals surface area (Å²) in [5.41, 5.74) is 5.01. The van der Waals surface area contributed by atoms with E-state index in [1.165, 1.54) is 29.1 Å². The molecule has 1 aliphatic heterocycles. The molecule has 0 saturated carbocycles. The number of esters is 1. The number of nitrogens with one attached hydrogen (secondary N) is 1. The van der Waals surface area contributed by atoms with Gasteiger partial charge in [-0.2, -0.15) is 0 Å². The van der Waals surface area contributed by atoms with Gasteiger partial charge in [0.25, 0.3) is 0 Å². The van der Waals surface area contributed by atoms with E-state index in [0.29, 0.717) is 24.3 Å². The van der Waals surface area contributed by atoms with Crippen LogP contribution in [0.4, 0.5) is 0 Å². The van der Waals surface area contributed by atoms with E-state index in [0.717, 1.165) is 25.1 Å². The van der Waals surface area contributed by atoms with Gasteiger partial charge in [-0.1, -0.05) is 24.4 Å². The number of hydrogen-bond donors (Lipinski definition) is 1. The number of fused-ring (bicyclic) bond motifs is 2. The average molecular weight is 342 g/mol. The number of thiocarbonyl (C=S) groups is 1. The molecule has 0 bridgehead atoms. The van der Waals surface area contributed by atoms with Crippen LogP contribution in [-0.2, 0) is 16.0 Å². The SMILES string of the molecule is COC(=O)C[C@@H]1CC2c3cccc4[nH]c(C=S)c(c34)C[C@H]2N(C)C1. The average Bonchev–Trinajstić information content (AvgIpc) is 2.95. The molecule has 0 radical (unpaired) electrons. The lowest BCUT2D eigenvalue weighted by molar-refractivity contribution is -0.142. The third kappa shape index (κ3) is 2.38. The van der Waals surface area contributed by atoms with E-state index in [2.05, 4.69) is 35.1 Å². The summed E-state index contributed by atoms with van der Waals surface area (Å²) in [5, 5.41) is 3.12. The Morgan fingerprint density at radius 1 is 1.50 bits per heavy atom. The van der Waals surface area contributed by atoms with E-state index in [9.17, 15) is 4.79 Å². The van der Waals surface area contributed by atoms with Crippen molar-refractivity contribution in [3.63, 3.8) is 0 Å². The number of carbonyl (C=O) groups is 1. The van der Waals surface area contributed by atoms with Gasteiger partial charge in [-0.25, -0.2) is 0 Å². The maximum atomic E-state index is 11.7. The zero-order valence-corrected chi connectivity index (χ0v) is 14.9. The van der Waals surface area contributed by atoms with Gasteiger partial charge in [0.2, 0.25) is 0 Å². The molecule has 1 aliphatic carbocycles. The van der Waals surface area contributed by atoms with E-state index in [1.54, 1.807) is 5.37 Å². The van der Waals surface area contributed by atoms with Crippen LogP contribution < -0.4 is 0 Å². The highest BCUT2D eigenvalue weighted by molar-refractivity contribution is 7.79. The summed E-state index contributed by atoms with van der Waals surface area (Å²) >= 11 is 5.22. The molecule has 0 spiro atoms. The second-order valence-corrected chi connectivity index (χ2v) is 7.34. The molecule has 24 heavy (non-hydrogen) atoms. The largest absolute Gasteiger partial charge is 0.469 e. The first-order chi connectivity index (χ1) is 11.6. The number of likely N-dealkylation sites (N-methyl/N-ethyl adjacent to an activating group) is 1. The van der Waals surface area contributed by atoms with Gasteiger partial charge >= 0.3 is 5.97 Å². The van der Waals surface area contributed by atoms with Crippen molar-refractivity contribution in [1.82, 2.24) is 9.88 Å². The van der Waals surface area contributed by atoms with Gasteiger partial charge in [0.05, 0.1) is 12.8 Å². The Morgan fingerprint density at radius 2 is 2.33 bits per heavy atom. The minimum absolute atomic E-state index is 0.105. The molecule has 2 aliphatic rings. The van der Waals surface area contributed by atoms with E-state index >= 15 is 0 Å². The smallest absolute Gasteiger partial charge is 0.305 e. The highest BCUT2D eigenvalue weighted by Crippen LogP contribution is 2.45. The molecule has 1 aromatic carbocycles. The van der Waals surface area contributed by atoms with E-state index in [1.807, 2.05) is 0 Å². The summed E-state index contributed by atoms with van der Waals surface area (Å²) in [6.07, 6.45) is 2.57. The van der Waals surface area contributed by atoms with Crippen LogP contribution in [0.25, 0.3) is 10.9 Å². The number of aromatic amines is 1. The summed E-state index contributed by atoms with van der Waals surface area (Å²) < 4.78 is 4.88. The molecule has 126 valence electrons. The topological polar surface area (TPSA) is 45.3 Å². The summed E-state index contributed by atoms with van der Waals surface area (Å²) in [6.45, 7) is 0.943. The van der Waals surface area contributed by atoms with Crippen LogP contribution in [0.1, 0.15) is 35.6 Å². The van der Waals surface area contributed by atoms with Gasteiger partial charge in [-0.15, -0.1) is 0 Å². The number of rotatable bonds is 3. The second kappa shape index (κ2) is 5.97. The minimum atomic E-state index is -0.105. The first-order valence-electron chi connectivity index (χ1n) is 8.48. The van der Waals surface area contributed by atoms with Crippen LogP contribution in [-0.4, -0.2) is 48.0 Å². The highest BCUT2D eigenvalue weighted by atomic mass is 32.1. The van der Waals surface area contributed by atoms with Gasteiger partial charge < -0.3 is 14.6 Å². The van der Waals surface area contributed by atoms with Gasteiger partial charge in [-0.05, 0) is 43.0 Å². The number of aromatic nitrogens is 1. The number of likely N-dealkylation sites (tertiary alicyclic amines) is 1. The zero-order valence-electron chi connectivity index (χ0n) is 14.0. The molecule has 3 atom stereocenters. The fourth-order valence-electron chi connectivity index (χ4n) is 4.74. The number of hydrogen-bond acceptors (Lipinski definition) is 4. The number of benzene rings is 1. The Hall–Kier alpha value is -1.72. The van der Waals surface area contributed by atoms with Crippen LogP contribution in [0.2, 0.25) is 0 Å². The van der Waals surface area contributed by atoms with Crippen LogP contribution in [0.15, 0.2) is 18.2 Å². The predicted octanol–water partition coefficient (Wildman–Crippen LogP) is 3.04. The molecular formula is C19H22N2O2S. The number of H-pyrrole nitrogens is 1. The summed E-state index contributed by atoms with van der Waals surface area (Å²) in [7, 11) is 3.65. The van der Waals surface area contributed by atoms with Gasteiger partial charge in [0.1, 0.15) is 0 Å². The molecule has 1 saturated heterocycles. The molecule has 5 heteroatoms. The maximum absolute atomic E-state index is 11.7. The number of nitrogens with zero attached hydrogens (tertiary/aromatic N) is 1. The molecule has 2 aromatic rings. The lowest BCUT2D eigenvalue weighted by atomic mass is 9.71. The molecule has 2 heterocycles. The highest BCUT2D eigenvalue weighted by Gasteiger charge is 2.40. The van der Waals surface area contributed by atoms with E-state index < -0.39 is 0 Å². The normalized spacial score (nSPS) is 26.2. The van der Waals surface area contributed by atoms with Crippen molar-refractivity contribution in [2.75, 3.05) is 20.7 Å². The molecule has 1 aromatic heterocycles. The van der Waals surface area contributed by atoms with Crippen LogP contribution >= 0.6 is 12.2 Å². The van der Waals surface area contributed by atoms with Gasteiger partial charge in [0, 0.05) is 41.2 Å². The third-order valence-electron chi connectivity index (χ3n) is 5.77. The van der Waals surface area contributed by atoms with Crippen LogP contribution in [0.3, 0.4) is 0 Å². The molecule has 1 unspecified atom stereocenters. The lowest BCUT2D eigenvalue weighted by Crippen LogP contribution is -2.48. The van der Waals surface area contributed by atoms with Gasteiger partial charge in [-0.3, -0.25) is 4.79 Å². The van der Waals surface area contributed by atoms with Crippen molar-refractivity contribution in [3.05, 3.63) is 35.0 Å². The predicted molar refractivity (Wildman–Crippen MR) is 98.7 cm³/mol. The Kier molecular flexibility index (Phi) is 3.93. The van der Waals surface area contributed by atoms with Gasteiger partial charge in [0.15, 0.2) is 0 Å². The molecule has 1 fully saturated rings. The van der Waals surface area contributed by atoms with Crippen molar-refractivity contribution < 1.29 is 9.53 Å². The number of methoxy groups -OCH3 is 1. The third-order valence-corrected chi connectivity index (χ3v) is 6.01. The van der Waals surface area contributed by atoms with Crippen molar-refractivity contribution in [2.45, 2.75) is 31.2 Å². The Morgan fingerprint density at radius 3 is 3.08 bits per heavy atom. The summed E-state index contributed by atoms with van der Waals surface area (Å²) in [4.78, 5) is 17.6. The van der Waals surface area contributed by atoms with Crippen molar-refractivity contribution in [1.29, 1.82) is 0 Å². The quantitative estimate of drug-likeness (QED) is 0.688. The first kappa shape index (κ1) is 15.8. The van der Waals surface area contributed by atoms with Crippen LogP contribution in [0, 0.1) is 5.92 Å². The van der Waals surface area contributed by atoms with Crippen molar-refractivity contribution in [3.8, 4) is 0 Å². The van der Waals surface area contributed by atoms with E-state index in [4.69, 9.17) is 17.0 Å². The Labute approximate surface area is 147 Å². The zero-order chi connectivity index (χ0) is 16.8. The number of ether oxygens (including phenoxy) is 1. The summed E-state index contributed by atoms with van der Waals surface area (Å²) in [6, 6.07) is 6.97. The number of piperidine rings is 1. The van der Waals surface area contributed by atoms with Crippen LogP contribution in [0.5, 0.6) is 0 Å². The monoisotopic (exact) mass is 342 g/mol. The van der Waals surface area contributed by atoms with Crippen molar-refractivity contribution in [2.24, 2.45) is 5.92 Å². The number of carbonyl (C=O) groups excluding carboxylic acids is 1. The first-order valence-corrected chi connectivity index (χ1v) is 8.95. The molecule has 1 N–H and O–H groups in total. The molecule has 0 amide bonds.